The van der Waals surface area contributed by atoms with Crippen LogP contribution in [0.25, 0.3) is 0 Å². The van der Waals surface area contributed by atoms with Gasteiger partial charge in [0.25, 0.3) is 0 Å². The summed E-state index contributed by atoms with van der Waals surface area (Å²) in [5.41, 5.74) is 4.85. The Balaban J connectivity index is 0. The van der Waals surface area contributed by atoms with Crippen LogP contribution < -0.4 is 5.73 Å². The van der Waals surface area contributed by atoms with Gasteiger partial charge in [0.05, 0.1) is 0 Å². The van der Waals surface area contributed by atoms with Gasteiger partial charge in [0.2, 0.25) is 0 Å². The molecule has 52 valence electrons. The summed E-state index contributed by atoms with van der Waals surface area (Å²) in [6.45, 7) is 2.65. The topological polar surface area (TPSA) is 60.2 Å². The lowest BCUT2D eigenvalue weighted by molar-refractivity contribution is 0.607. The fraction of sp³-hybridized carbons (Fsp3) is 1.00. The number of rotatable bonds is 0. The largest absolute Gasteiger partial charge is 0.331 e. The summed E-state index contributed by atoms with van der Waals surface area (Å²) in [5.74, 6) is 0. The quantitative estimate of drug-likeness (QED) is 0.498. The molecule has 8 heavy (non-hydrogen) atoms. The van der Waals surface area contributed by atoms with Crippen molar-refractivity contribution in [3.63, 3.8) is 0 Å². The first-order valence-electron chi connectivity index (χ1n) is 2.27. The average molecular weight is 139 g/mol. The lowest BCUT2D eigenvalue weighted by Gasteiger charge is -1.69. The van der Waals surface area contributed by atoms with E-state index in [2.05, 4.69) is 0 Å². The van der Waals surface area contributed by atoms with Crippen molar-refractivity contribution in [3.8, 4) is 0 Å². The first kappa shape index (κ1) is 10.8. The Bertz CT molecular complexity index is 108. The number of nitrogens with two attached hydrogens (primary N) is 1. The second kappa shape index (κ2) is 5.05. The van der Waals surface area contributed by atoms with Crippen molar-refractivity contribution < 1.29 is 8.42 Å². The van der Waals surface area contributed by atoms with Crippen molar-refractivity contribution in [2.24, 2.45) is 5.73 Å². The highest BCUT2D eigenvalue weighted by molar-refractivity contribution is 7.89. The third kappa shape index (κ3) is 17600. The fourth-order valence-electron chi connectivity index (χ4n) is 0. The average Bonchev–Trinajstić information content (AvgIpc) is 1.27. The van der Waals surface area contributed by atoms with Crippen molar-refractivity contribution in [1.29, 1.82) is 0 Å². The van der Waals surface area contributed by atoms with Gasteiger partial charge in [-0.3, -0.25) is 0 Å². The van der Waals surface area contributed by atoms with Gasteiger partial charge in [-0.25, -0.2) is 8.42 Å². The molecule has 0 atom stereocenters. The van der Waals surface area contributed by atoms with Gasteiger partial charge in [-0.15, -0.1) is 0 Å². The predicted molar refractivity (Wildman–Crippen MR) is 35.5 cm³/mol. The highest BCUT2D eigenvalue weighted by Gasteiger charge is 1.79. The molecular formula is C4H13NO2S. The summed E-state index contributed by atoms with van der Waals surface area (Å²) in [6.07, 6.45) is 2.32. The first-order valence-corrected chi connectivity index (χ1v) is 4.56. The molecule has 0 spiro atoms. The fourth-order valence-corrected chi connectivity index (χ4v) is 0. The van der Waals surface area contributed by atoms with E-state index in [4.69, 9.17) is 5.73 Å². The molecule has 0 aromatic rings. The molecule has 0 rings (SSSR count). The molecule has 0 radical (unpaired) electrons. The van der Waals surface area contributed by atoms with Gasteiger partial charge in [0, 0.05) is 12.5 Å². The third-order valence-corrected chi connectivity index (χ3v) is 0. The molecule has 0 fully saturated rings. The van der Waals surface area contributed by atoms with E-state index in [1.54, 1.807) is 0 Å². The van der Waals surface area contributed by atoms with Crippen LogP contribution in [0.5, 0.6) is 0 Å². The Kier molecular flexibility index (Phi) is 6.83. The summed E-state index contributed by atoms with van der Waals surface area (Å²) in [5, 5.41) is 0. The van der Waals surface area contributed by atoms with Crippen LogP contribution in [-0.4, -0.2) is 27.5 Å². The maximum Gasteiger partial charge on any atom is 0.144 e. The van der Waals surface area contributed by atoms with Gasteiger partial charge in [-0.2, -0.15) is 0 Å². The van der Waals surface area contributed by atoms with Gasteiger partial charge in [-0.05, 0) is 6.54 Å². The van der Waals surface area contributed by atoms with Crippen molar-refractivity contribution >= 4 is 9.84 Å². The minimum Gasteiger partial charge on any atom is -0.331 e. The zero-order chi connectivity index (χ0) is 7.21. The summed E-state index contributed by atoms with van der Waals surface area (Å²) < 4.78 is 19.3. The summed E-state index contributed by atoms with van der Waals surface area (Å²) in [4.78, 5) is 0. The van der Waals surface area contributed by atoms with Crippen LogP contribution in [0.15, 0.2) is 0 Å². The molecule has 0 amide bonds. The Morgan fingerprint density at radius 1 is 1.38 bits per heavy atom. The zero-order valence-electron chi connectivity index (χ0n) is 5.51. The highest BCUT2D eigenvalue weighted by atomic mass is 32.2. The summed E-state index contributed by atoms with van der Waals surface area (Å²) in [6, 6.07) is 0. The molecule has 4 heteroatoms. The van der Waals surface area contributed by atoms with Crippen molar-refractivity contribution in [2.75, 3.05) is 19.1 Å². The van der Waals surface area contributed by atoms with Gasteiger partial charge in [0.15, 0.2) is 0 Å². The van der Waals surface area contributed by atoms with Crippen LogP contribution in [0, 0.1) is 0 Å². The zero-order valence-corrected chi connectivity index (χ0v) is 6.33. The lowest BCUT2D eigenvalue weighted by Crippen LogP contribution is -1.87. The predicted octanol–water partition coefficient (Wildman–Crippen LogP) is -0.374. The molecule has 0 aliphatic heterocycles. The van der Waals surface area contributed by atoms with Crippen LogP contribution in [-0.2, 0) is 9.84 Å². The minimum atomic E-state index is -2.67. The van der Waals surface area contributed by atoms with Crippen molar-refractivity contribution in [1.82, 2.24) is 0 Å². The minimum absolute atomic E-state index is 0.750. The van der Waals surface area contributed by atoms with Gasteiger partial charge in [-0.1, -0.05) is 6.92 Å². The molecule has 0 saturated carbocycles. The standard InChI is InChI=1S/C2H7N.C2H6O2S/c1-2-3;1-5(2,3)4/h2-3H2,1H3;1-2H3. The highest BCUT2D eigenvalue weighted by Crippen LogP contribution is 1.61. The van der Waals surface area contributed by atoms with Crippen LogP contribution >= 0.6 is 0 Å². The molecule has 0 aromatic heterocycles. The maximum absolute atomic E-state index is 9.63. The van der Waals surface area contributed by atoms with E-state index in [-0.39, 0.29) is 0 Å². The molecular weight excluding hydrogens is 126 g/mol. The molecule has 0 unspecified atom stereocenters. The number of sulfone groups is 1. The SMILES string of the molecule is CCN.CS(C)(=O)=O. The number of hydrogen-bond donors (Lipinski definition) is 1. The summed E-state index contributed by atoms with van der Waals surface area (Å²) in [7, 11) is -2.67. The van der Waals surface area contributed by atoms with E-state index in [1.807, 2.05) is 6.92 Å². The van der Waals surface area contributed by atoms with E-state index in [9.17, 15) is 8.42 Å². The van der Waals surface area contributed by atoms with Crippen molar-refractivity contribution in [3.05, 3.63) is 0 Å². The second-order valence-corrected chi connectivity index (χ2v) is 3.84. The van der Waals surface area contributed by atoms with Crippen molar-refractivity contribution in [2.45, 2.75) is 6.92 Å². The van der Waals surface area contributed by atoms with Crippen LogP contribution in [0.2, 0.25) is 0 Å². The lowest BCUT2D eigenvalue weighted by atomic mass is 10.8. The molecule has 0 aliphatic carbocycles. The third-order valence-electron chi connectivity index (χ3n) is 0. The summed E-state index contributed by atoms with van der Waals surface area (Å²) >= 11 is 0. The van der Waals surface area contributed by atoms with E-state index in [0.29, 0.717) is 0 Å². The Labute approximate surface area is 50.8 Å². The Hall–Kier alpha value is -0.0900. The van der Waals surface area contributed by atoms with Crippen LogP contribution in [0.1, 0.15) is 6.92 Å². The molecule has 2 N–H and O–H groups in total. The Morgan fingerprint density at radius 2 is 1.38 bits per heavy atom. The maximum atomic E-state index is 9.63. The normalized spacial score (nSPS) is 9.50. The van der Waals surface area contributed by atoms with Crippen LogP contribution in [0.4, 0.5) is 0 Å². The second-order valence-electron chi connectivity index (χ2n) is 1.55. The molecule has 3 nitrogen and oxygen atoms in total. The van der Waals surface area contributed by atoms with E-state index in [0.717, 1.165) is 19.1 Å². The smallest absolute Gasteiger partial charge is 0.144 e. The van der Waals surface area contributed by atoms with E-state index in [1.165, 1.54) is 0 Å². The van der Waals surface area contributed by atoms with Gasteiger partial charge in [0.1, 0.15) is 9.84 Å². The first-order chi connectivity index (χ1) is 3.41. The van der Waals surface area contributed by atoms with E-state index < -0.39 is 9.84 Å². The number of hydrogen-bond acceptors (Lipinski definition) is 3. The molecule has 0 saturated heterocycles. The monoisotopic (exact) mass is 139 g/mol. The molecule has 0 aliphatic rings. The van der Waals surface area contributed by atoms with Gasteiger partial charge < -0.3 is 5.73 Å². The van der Waals surface area contributed by atoms with Crippen LogP contribution in [0.3, 0.4) is 0 Å². The molecule has 0 heterocycles. The van der Waals surface area contributed by atoms with E-state index >= 15 is 0 Å². The molecule has 0 bridgehead atoms. The Morgan fingerprint density at radius 3 is 1.38 bits per heavy atom. The molecule has 0 aromatic carbocycles. The van der Waals surface area contributed by atoms with Gasteiger partial charge >= 0.3 is 0 Å².